The Morgan fingerprint density at radius 2 is 2.22 bits per heavy atom. The van der Waals surface area contributed by atoms with Crippen LogP contribution >= 0.6 is 0 Å². The summed E-state index contributed by atoms with van der Waals surface area (Å²) in [5.74, 6) is -0.528. The number of ether oxygens (including phenoxy) is 1. The number of aliphatic carboxylic acids is 1. The van der Waals surface area contributed by atoms with Crippen LogP contribution in [0.5, 0.6) is 5.88 Å². The zero-order valence-electron chi connectivity index (χ0n) is 9.83. The van der Waals surface area contributed by atoms with E-state index in [2.05, 4.69) is 9.97 Å². The molecule has 2 aromatic rings. The number of hydrogen-bond acceptors (Lipinski definition) is 4. The smallest absolute Gasteiger partial charge is 0.309 e. The molecule has 5 nitrogen and oxygen atoms in total. The van der Waals surface area contributed by atoms with Gasteiger partial charge in [0, 0.05) is 29.6 Å². The second kappa shape index (κ2) is 5.27. The maximum atomic E-state index is 10.9. The van der Waals surface area contributed by atoms with Crippen LogP contribution in [0.1, 0.15) is 5.69 Å². The quantitative estimate of drug-likeness (QED) is 0.887. The largest absolute Gasteiger partial charge is 0.481 e. The molecule has 0 saturated carbocycles. The summed E-state index contributed by atoms with van der Waals surface area (Å²) in [6.45, 7) is 0. The normalized spacial score (nSPS) is 10.1. The molecule has 5 heteroatoms. The van der Waals surface area contributed by atoms with Crippen LogP contribution in [0, 0.1) is 0 Å². The third kappa shape index (κ3) is 2.63. The Morgan fingerprint density at radius 1 is 1.39 bits per heavy atom. The van der Waals surface area contributed by atoms with E-state index in [0.717, 1.165) is 11.1 Å². The van der Waals surface area contributed by atoms with Crippen molar-refractivity contribution in [3.63, 3.8) is 0 Å². The predicted molar refractivity (Wildman–Crippen MR) is 65.4 cm³/mol. The number of nitrogens with zero attached hydrogens (tertiary/aromatic N) is 2. The number of hydrogen-bond donors (Lipinski definition) is 1. The van der Waals surface area contributed by atoms with Gasteiger partial charge < -0.3 is 9.84 Å². The van der Waals surface area contributed by atoms with Crippen LogP contribution in [-0.2, 0) is 11.2 Å². The van der Waals surface area contributed by atoms with Crippen LogP contribution in [0.4, 0.5) is 0 Å². The zero-order valence-corrected chi connectivity index (χ0v) is 9.83. The minimum Gasteiger partial charge on any atom is -0.481 e. The molecule has 1 N–H and O–H groups in total. The number of methoxy groups -OCH3 is 1. The molecule has 0 amide bonds. The summed E-state index contributed by atoms with van der Waals surface area (Å²) in [4.78, 5) is 19.0. The van der Waals surface area contributed by atoms with E-state index in [4.69, 9.17) is 9.84 Å². The number of aromatic nitrogens is 2. The number of carbonyl (C=O) groups is 1. The van der Waals surface area contributed by atoms with E-state index in [1.54, 1.807) is 30.6 Å². The van der Waals surface area contributed by atoms with Crippen LogP contribution in [-0.4, -0.2) is 28.2 Å². The molecule has 0 aromatic carbocycles. The summed E-state index contributed by atoms with van der Waals surface area (Å²) in [6.07, 6.45) is 3.19. The average molecular weight is 244 g/mol. The topological polar surface area (TPSA) is 72.3 Å². The van der Waals surface area contributed by atoms with Crippen molar-refractivity contribution in [1.29, 1.82) is 0 Å². The van der Waals surface area contributed by atoms with Crippen molar-refractivity contribution < 1.29 is 14.6 Å². The predicted octanol–water partition coefficient (Wildman–Crippen LogP) is 1.78. The van der Waals surface area contributed by atoms with Crippen molar-refractivity contribution in [3.05, 3.63) is 42.4 Å². The van der Waals surface area contributed by atoms with Gasteiger partial charge in [0.2, 0.25) is 5.88 Å². The third-order valence-electron chi connectivity index (χ3n) is 2.45. The van der Waals surface area contributed by atoms with E-state index in [1.165, 1.54) is 7.11 Å². The lowest BCUT2D eigenvalue weighted by Gasteiger charge is -2.08. The summed E-state index contributed by atoms with van der Waals surface area (Å²) < 4.78 is 5.01. The van der Waals surface area contributed by atoms with Crippen molar-refractivity contribution in [2.75, 3.05) is 7.11 Å². The van der Waals surface area contributed by atoms with Gasteiger partial charge in [0.05, 0.1) is 19.2 Å². The highest BCUT2D eigenvalue weighted by Gasteiger charge is 2.11. The third-order valence-corrected chi connectivity index (χ3v) is 2.45. The number of rotatable bonds is 4. The second-order valence-corrected chi connectivity index (χ2v) is 3.66. The van der Waals surface area contributed by atoms with Crippen LogP contribution in [0.15, 0.2) is 36.7 Å². The lowest BCUT2D eigenvalue weighted by Crippen LogP contribution is -2.05. The molecule has 0 aliphatic heterocycles. The molecule has 0 spiro atoms. The maximum Gasteiger partial charge on any atom is 0.309 e. The van der Waals surface area contributed by atoms with Crippen LogP contribution in [0.2, 0.25) is 0 Å². The number of carboxylic acids is 1. The molecule has 0 aliphatic rings. The fourth-order valence-corrected chi connectivity index (χ4v) is 1.66. The summed E-state index contributed by atoms with van der Waals surface area (Å²) in [7, 11) is 1.50. The van der Waals surface area contributed by atoms with Crippen molar-refractivity contribution in [2.24, 2.45) is 0 Å². The molecular formula is C13H12N2O3. The highest BCUT2D eigenvalue weighted by Crippen LogP contribution is 2.24. The molecule has 0 bridgehead atoms. The second-order valence-electron chi connectivity index (χ2n) is 3.66. The standard InChI is InChI=1S/C13H12N2O3/c1-18-12-5-4-10(9-3-2-6-14-8-9)11(15-12)7-13(16)17/h2-6,8H,7H2,1H3,(H,16,17). The van der Waals surface area contributed by atoms with Crippen LogP contribution in [0.25, 0.3) is 11.1 Å². The molecule has 2 rings (SSSR count). The van der Waals surface area contributed by atoms with Gasteiger partial charge in [0.1, 0.15) is 0 Å². The molecule has 2 aromatic heterocycles. The van der Waals surface area contributed by atoms with Gasteiger partial charge in [-0.3, -0.25) is 9.78 Å². The Labute approximate surface area is 104 Å². The summed E-state index contributed by atoms with van der Waals surface area (Å²) in [5, 5.41) is 8.91. The van der Waals surface area contributed by atoms with Crippen LogP contribution < -0.4 is 4.74 Å². The monoisotopic (exact) mass is 244 g/mol. The SMILES string of the molecule is COc1ccc(-c2cccnc2)c(CC(=O)O)n1. The Kier molecular flexibility index (Phi) is 3.52. The summed E-state index contributed by atoms with van der Waals surface area (Å²) in [6, 6.07) is 7.15. The molecule has 0 aliphatic carbocycles. The van der Waals surface area contributed by atoms with E-state index in [9.17, 15) is 4.79 Å². The fourth-order valence-electron chi connectivity index (χ4n) is 1.66. The van der Waals surface area contributed by atoms with Gasteiger partial charge >= 0.3 is 5.97 Å². The average Bonchev–Trinajstić information content (AvgIpc) is 2.39. The van der Waals surface area contributed by atoms with E-state index in [1.807, 2.05) is 6.07 Å². The maximum absolute atomic E-state index is 10.9. The first-order valence-corrected chi connectivity index (χ1v) is 5.37. The molecule has 0 unspecified atom stereocenters. The Balaban J connectivity index is 2.49. The van der Waals surface area contributed by atoms with Gasteiger partial charge in [-0.1, -0.05) is 6.07 Å². The van der Waals surface area contributed by atoms with E-state index < -0.39 is 5.97 Å². The Hall–Kier alpha value is -2.43. The van der Waals surface area contributed by atoms with Gasteiger partial charge in [-0.15, -0.1) is 0 Å². The fraction of sp³-hybridized carbons (Fsp3) is 0.154. The first-order chi connectivity index (χ1) is 8.70. The van der Waals surface area contributed by atoms with Crippen molar-refractivity contribution in [3.8, 4) is 17.0 Å². The van der Waals surface area contributed by atoms with Crippen molar-refractivity contribution in [2.45, 2.75) is 6.42 Å². The summed E-state index contributed by atoms with van der Waals surface area (Å²) >= 11 is 0. The van der Waals surface area contributed by atoms with Gasteiger partial charge in [0.25, 0.3) is 0 Å². The molecule has 92 valence electrons. The van der Waals surface area contributed by atoms with Gasteiger partial charge in [0.15, 0.2) is 0 Å². The van der Waals surface area contributed by atoms with Gasteiger partial charge in [-0.2, -0.15) is 0 Å². The number of carboxylic acid groups (broad SMARTS) is 1. The van der Waals surface area contributed by atoms with Crippen molar-refractivity contribution in [1.82, 2.24) is 9.97 Å². The van der Waals surface area contributed by atoms with E-state index in [0.29, 0.717) is 11.6 Å². The lowest BCUT2D eigenvalue weighted by atomic mass is 10.0. The minimum absolute atomic E-state index is 0.151. The van der Waals surface area contributed by atoms with Crippen LogP contribution in [0.3, 0.4) is 0 Å². The molecular weight excluding hydrogens is 232 g/mol. The van der Waals surface area contributed by atoms with E-state index >= 15 is 0 Å². The molecule has 0 radical (unpaired) electrons. The zero-order chi connectivity index (χ0) is 13.0. The lowest BCUT2D eigenvalue weighted by molar-refractivity contribution is -0.136. The van der Waals surface area contributed by atoms with Gasteiger partial charge in [-0.25, -0.2) is 4.98 Å². The molecule has 0 fully saturated rings. The van der Waals surface area contributed by atoms with E-state index in [-0.39, 0.29) is 6.42 Å². The Bertz CT molecular complexity index is 555. The highest BCUT2D eigenvalue weighted by atomic mass is 16.5. The summed E-state index contributed by atoms with van der Waals surface area (Å²) in [5.41, 5.74) is 2.06. The molecule has 0 atom stereocenters. The minimum atomic E-state index is -0.930. The highest BCUT2D eigenvalue weighted by molar-refractivity contribution is 5.75. The Morgan fingerprint density at radius 3 is 2.83 bits per heavy atom. The first-order valence-electron chi connectivity index (χ1n) is 5.37. The molecule has 18 heavy (non-hydrogen) atoms. The first kappa shape index (κ1) is 12.0. The molecule has 2 heterocycles. The number of pyridine rings is 2. The molecule has 0 saturated heterocycles. The van der Waals surface area contributed by atoms with Gasteiger partial charge in [-0.05, 0) is 12.1 Å². The van der Waals surface area contributed by atoms with Crippen molar-refractivity contribution >= 4 is 5.97 Å².